The van der Waals surface area contributed by atoms with Crippen LogP contribution in [0.15, 0.2) is 60.2 Å². The molecule has 0 aromatic heterocycles. The van der Waals surface area contributed by atoms with E-state index in [-0.39, 0.29) is 21.8 Å². The second-order valence-electron chi connectivity index (χ2n) is 19.5. The second-order valence-corrected chi connectivity index (χ2v) is 24.0. The lowest BCUT2D eigenvalue weighted by molar-refractivity contribution is 0.140. The van der Waals surface area contributed by atoms with Crippen LogP contribution in [0.5, 0.6) is 0 Å². The number of rotatable bonds is 4. The van der Waals surface area contributed by atoms with E-state index in [1.54, 1.807) is 39.0 Å². The number of benzene rings is 2. The Bertz CT molecular complexity index is 1550. The van der Waals surface area contributed by atoms with Crippen molar-refractivity contribution in [3.63, 3.8) is 0 Å². The summed E-state index contributed by atoms with van der Waals surface area (Å²) in [5, 5.41) is 0. The largest absolute Gasteiger partial charge is 0.316 e. The summed E-state index contributed by atoms with van der Waals surface area (Å²) in [4.78, 5) is 0. The second kappa shape index (κ2) is 10.8. The molecule has 0 heterocycles. The fourth-order valence-corrected chi connectivity index (χ4v) is 17.0. The molecular weight excluding hydrogens is 571 g/mol. The lowest BCUT2D eigenvalue weighted by Crippen LogP contribution is -2.64. The minimum Gasteiger partial charge on any atom is -0.316 e. The number of hydrogen-bond donors (Lipinski definition) is 0. The van der Waals surface area contributed by atoms with E-state index < -0.39 is 8.24 Å². The van der Waals surface area contributed by atoms with Crippen molar-refractivity contribution >= 4 is 13.8 Å². The van der Waals surface area contributed by atoms with Crippen LogP contribution in [0, 0.1) is 11.8 Å². The first-order chi connectivity index (χ1) is 21.4. The highest BCUT2D eigenvalue weighted by Gasteiger charge is 2.56. The van der Waals surface area contributed by atoms with Gasteiger partial charge >= 0.3 is 0 Å². The molecule has 0 saturated heterocycles. The van der Waals surface area contributed by atoms with Gasteiger partial charge in [-0.25, -0.2) is 0 Å². The number of allylic oxidation sites excluding steroid dienone is 4. The van der Waals surface area contributed by atoms with Gasteiger partial charge in [0.15, 0.2) is 0 Å². The highest BCUT2D eigenvalue weighted by Crippen LogP contribution is 2.64. The molecular formula is C44H63NSi. The molecule has 7 rings (SSSR count). The molecule has 2 aromatic rings. The number of nitrogens with zero attached hydrogens (tertiary/aromatic N) is 1. The van der Waals surface area contributed by atoms with Crippen LogP contribution in [-0.4, -0.2) is 24.4 Å². The average molecular weight is 634 g/mol. The zero-order chi connectivity index (χ0) is 33.0. The fraction of sp³-hybridized carbons (Fsp3) is 0.636. The van der Waals surface area contributed by atoms with Gasteiger partial charge in [-0.2, -0.15) is 0 Å². The standard InChI is InChI=1S/C44H63NSi/c1-41(2,3)45(30-20-16-13-17-21-30)46(10,11)40-27-31(29-18-14-12-15-19-29)32-25-36-33(24-35(32)40)34-26-38-39(28-37(34)44(36,8)9)43(6,7)23-22-42(38,4)5/h12,14-15,18-19,24-26,28,30-32,35,40H,13,16-17,20-23,27H2,1-11H3. The Morgan fingerprint density at radius 3 is 1.96 bits per heavy atom. The molecule has 0 aliphatic heterocycles. The van der Waals surface area contributed by atoms with Crippen LogP contribution in [0.2, 0.25) is 18.6 Å². The minimum absolute atomic E-state index is 0.0324. The van der Waals surface area contributed by atoms with Gasteiger partial charge in [0.25, 0.3) is 0 Å². The quantitative estimate of drug-likeness (QED) is 0.303. The van der Waals surface area contributed by atoms with Crippen LogP contribution in [0.25, 0.3) is 5.57 Å². The van der Waals surface area contributed by atoms with Crippen molar-refractivity contribution in [1.82, 2.24) is 4.57 Å². The number of hydrogen-bond acceptors (Lipinski definition) is 1. The highest BCUT2D eigenvalue weighted by atomic mass is 28.3. The van der Waals surface area contributed by atoms with E-state index >= 15 is 0 Å². The van der Waals surface area contributed by atoms with Crippen LogP contribution < -0.4 is 0 Å². The van der Waals surface area contributed by atoms with Gasteiger partial charge in [-0.3, -0.25) is 0 Å². The third kappa shape index (κ3) is 5.01. The van der Waals surface area contributed by atoms with Crippen LogP contribution in [-0.2, 0) is 16.2 Å². The molecule has 0 amide bonds. The molecule has 1 nitrogen and oxygen atoms in total. The fourth-order valence-electron chi connectivity index (χ4n) is 11.6. The Balaban J connectivity index is 1.39. The van der Waals surface area contributed by atoms with Crippen molar-refractivity contribution < 1.29 is 0 Å². The molecule has 5 aliphatic rings. The lowest BCUT2D eigenvalue weighted by atomic mass is 9.62. The summed E-state index contributed by atoms with van der Waals surface area (Å²) in [6, 6.07) is 17.7. The number of fused-ring (bicyclic) bond motifs is 5. The van der Waals surface area contributed by atoms with Crippen molar-refractivity contribution in [1.29, 1.82) is 0 Å². The Kier molecular flexibility index (Phi) is 7.66. The smallest absolute Gasteiger partial charge is 0.126 e. The molecule has 2 fully saturated rings. The molecule has 2 heteroatoms. The first-order valence-electron chi connectivity index (χ1n) is 18.9. The maximum absolute atomic E-state index is 3.15. The molecule has 248 valence electrons. The van der Waals surface area contributed by atoms with E-state index in [1.165, 1.54) is 51.4 Å². The Labute approximate surface area is 283 Å². The monoisotopic (exact) mass is 633 g/mol. The summed E-state index contributed by atoms with van der Waals surface area (Å²) in [6.45, 7) is 28.1. The third-order valence-corrected chi connectivity index (χ3v) is 18.6. The minimum atomic E-state index is -1.88. The van der Waals surface area contributed by atoms with Gasteiger partial charge in [-0.05, 0) is 126 Å². The highest BCUT2D eigenvalue weighted by molar-refractivity contribution is 6.76. The molecule has 5 aliphatic carbocycles. The topological polar surface area (TPSA) is 3.24 Å². The summed E-state index contributed by atoms with van der Waals surface area (Å²) in [5.41, 5.74) is 12.5. The SMILES string of the molecule is CC1(C)CCC(C)(C)c2cc3c(cc21)C1=CC2C(C=C1C3(C)C)C(c1ccccc1)CC2[Si](C)(C)N(C1CCCCC1)C(C)(C)C. The first kappa shape index (κ1) is 32.6. The zero-order valence-electron chi connectivity index (χ0n) is 31.2. The van der Waals surface area contributed by atoms with Crippen molar-refractivity contribution in [2.24, 2.45) is 11.8 Å². The van der Waals surface area contributed by atoms with Gasteiger partial charge in [-0.1, -0.05) is 129 Å². The van der Waals surface area contributed by atoms with E-state index in [0.717, 1.165) is 11.6 Å². The predicted octanol–water partition coefficient (Wildman–Crippen LogP) is 12.1. The lowest BCUT2D eigenvalue weighted by Gasteiger charge is -2.55. The van der Waals surface area contributed by atoms with Gasteiger partial charge in [0.05, 0.1) is 0 Å². The van der Waals surface area contributed by atoms with Crippen LogP contribution in [0.3, 0.4) is 0 Å². The van der Waals surface area contributed by atoms with E-state index in [2.05, 4.69) is 135 Å². The summed E-state index contributed by atoms with van der Waals surface area (Å²) in [5.74, 6) is 1.76. The van der Waals surface area contributed by atoms with Crippen molar-refractivity contribution in [2.45, 2.75) is 166 Å². The first-order valence-corrected chi connectivity index (χ1v) is 22.0. The Morgan fingerprint density at radius 1 is 0.739 bits per heavy atom. The molecule has 0 bridgehead atoms. The summed E-state index contributed by atoms with van der Waals surface area (Å²) < 4.78 is 3.15. The predicted molar refractivity (Wildman–Crippen MR) is 201 cm³/mol. The Hall–Kier alpha value is -1.90. The van der Waals surface area contributed by atoms with E-state index in [0.29, 0.717) is 17.8 Å². The van der Waals surface area contributed by atoms with Gasteiger partial charge in [0.1, 0.15) is 8.24 Å². The molecule has 4 atom stereocenters. The summed E-state index contributed by atoms with van der Waals surface area (Å²) >= 11 is 0. The normalized spacial score (nSPS) is 29.8. The van der Waals surface area contributed by atoms with Crippen molar-refractivity contribution in [3.8, 4) is 0 Å². The molecule has 2 aromatic carbocycles. The van der Waals surface area contributed by atoms with Crippen LogP contribution >= 0.6 is 0 Å². The molecule has 4 unspecified atom stereocenters. The molecule has 2 saturated carbocycles. The summed E-state index contributed by atoms with van der Waals surface area (Å²) in [7, 11) is -1.88. The van der Waals surface area contributed by atoms with E-state index in [4.69, 9.17) is 0 Å². The third-order valence-electron chi connectivity index (χ3n) is 13.9. The van der Waals surface area contributed by atoms with E-state index in [1.807, 2.05) is 0 Å². The van der Waals surface area contributed by atoms with Gasteiger partial charge in [-0.15, -0.1) is 0 Å². The maximum atomic E-state index is 3.15. The van der Waals surface area contributed by atoms with Gasteiger partial charge < -0.3 is 4.57 Å². The Morgan fingerprint density at radius 2 is 1.35 bits per heavy atom. The maximum Gasteiger partial charge on any atom is 0.126 e. The average Bonchev–Trinajstić information content (AvgIpc) is 3.47. The summed E-state index contributed by atoms with van der Waals surface area (Å²) in [6.07, 6.45) is 16.6. The van der Waals surface area contributed by atoms with E-state index in [9.17, 15) is 0 Å². The van der Waals surface area contributed by atoms with Crippen molar-refractivity contribution in [3.05, 3.63) is 88.0 Å². The molecule has 0 spiro atoms. The van der Waals surface area contributed by atoms with Crippen LogP contribution in [0.1, 0.15) is 147 Å². The van der Waals surface area contributed by atoms with Crippen molar-refractivity contribution in [2.75, 3.05) is 0 Å². The molecule has 46 heavy (non-hydrogen) atoms. The molecule has 0 N–H and O–H groups in total. The van der Waals surface area contributed by atoms with Crippen LogP contribution in [0.4, 0.5) is 0 Å². The van der Waals surface area contributed by atoms with Gasteiger partial charge in [0, 0.05) is 17.0 Å². The zero-order valence-corrected chi connectivity index (χ0v) is 32.2. The van der Waals surface area contributed by atoms with Gasteiger partial charge in [0.2, 0.25) is 0 Å². The molecule has 0 radical (unpaired) electrons.